The molecule has 0 aliphatic carbocycles. The number of aliphatic hydroxyl groups is 3. The average Bonchev–Trinajstić information content (AvgIpc) is 2.06. The van der Waals surface area contributed by atoms with Crippen LogP contribution in [0.3, 0.4) is 0 Å². The summed E-state index contributed by atoms with van der Waals surface area (Å²) in [6.45, 7) is 1.63. The fourth-order valence-corrected chi connectivity index (χ4v) is 1.48. The SMILES string of the molecule is CC(=O)C[C@H]1NC[C@H](O)[C@@H](O)[C@@H]1O. The number of β-amino-alcohol motifs (C(OH)–C–C–N with tert-alkyl or cyclic N) is 1. The van der Waals surface area contributed by atoms with E-state index in [0.717, 1.165) is 0 Å². The summed E-state index contributed by atoms with van der Waals surface area (Å²) in [5, 5.41) is 30.7. The van der Waals surface area contributed by atoms with Crippen LogP contribution in [0.25, 0.3) is 0 Å². The summed E-state index contributed by atoms with van der Waals surface area (Å²) in [5.41, 5.74) is 0. The average molecular weight is 189 g/mol. The Kier molecular flexibility index (Phi) is 3.38. The molecule has 1 aliphatic heterocycles. The van der Waals surface area contributed by atoms with Crippen molar-refractivity contribution in [3.63, 3.8) is 0 Å². The lowest BCUT2D eigenvalue weighted by molar-refractivity contribution is -0.123. The molecule has 1 rings (SSSR count). The van der Waals surface area contributed by atoms with Gasteiger partial charge in [-0.1, -0.05) is 0 Å². The van der Waals surface area contributed by atoms with E-state index in [9.17, 15) is 15.0 Å². The van der Waals surface area contributed by atoms with Gasteiger partial charge in [0.05, 0.1) is 12.2 Å². The maximum absolute atomic E-state index is 10.8. The van der Waals surface area contributed by atoms with Gasteiger partial charge in [0.2, 0.25) is 0 Å². The molecule has 5 heteroatoms. The number of aliphatic hydroxyl groups excluding tert-OH is 3. The van der Waals surface area contributed by atoms with Crippen molar-refractivity contribution in [2.75, 3.05) is 6.54 Å². The second-order valence-corrected chi connectivity index (χ2v) is 3.47. The Labute approximate surface area is 76.4 Å². The Morgan fingerprint density at radius 2 is 2.00 bits per heavy atom. The third-order valence-electron chi connectivity index (χ3n) is 2.25. The van der Waals surface area contributed by atoms with Crippen molar-refractivity contribution >= 4 is 5.78 Å². The van der Waals surface area contributed by atoms with Crippen molar-refractivity contribution in [2.45, 2.75) is 37.7 Å². The van der Waals surface area contributed by atoms with E-state index in [2.05, 4.69) is 5.32 Å². The van der Waals surface area contributed by atoms with Gasteiger partial charge in [-0.15, -0.1) is 0 Å². The van der Waals surface area contributed by atoms with Crippen LogP contribution in [-0.4, -0.2) is 52.0 Å². The van der Waals surface area contributed by atoms with Crippen molar-refractivity contribution < 1.29 is 20.1 Å². The summed E-state index contributed by atoms with van der Waals surface area (Å²) in [4.78, 5) is 10.8. The number of hydrogen-bond acceptors (Lipinski definition) is 5. The lowest BCUT2D eigenvalue weighted by atomic mass is 9.93. The highest BCUT2D eigenvalue weighted by Gasteiger charge is 2.36. The standard InChI is InChI=1S/C8H15NO4/c1-4(10)2-5-7(12)8(13)6(11)3-9-5/h5-9,11-13H,2-3H2,1H3/t5-,6+,7-,8-/m1/s1. The molecule has 5 nitrogen and oxygen atoms in total. The summed E-state index contributed by atoms with van der Waals surface area (Å²) in [6, 6.07) is -0.448. The fraction of sp³-hybridized carbons (Fsp3) is 0.875. The van der Waals surface area contributed by atoms with Gasteiger partial charge in [0, 0.05) is 19.0 Å². The van der Waals surface area contributed by atoms with Crippen LogP contribution in [0.4, 0.5) is 0 Å². The topological polar surface area (TPSA) is 89.8 Å². The lowest BCUT2D eigenvalue weighted by Crippen LogP contribution is -2.59. The Balaban J connectivity index is 2.53. The molecule has 0 radical (unpaired) electrons. The van der Waals surface area contributed by atoms with E-state index >= 15 is 0 Å². The molecule has 1 fully saturated rings. The first-order valence-electron chi connectivity index (χ1n) is 4.29. The summed E-state index contributed by atoms with van der Waals surface area (Å²) in [6.07, 6.45) is -3.03. The molecule has 0 aromatic carbocycles. The minimum atomic E-state index is -1.16. The molecule has 1 heterocycles. The molecule has 1 saturated heterocycles. The van der Waals surface area contributed by atoms with Gasteiger partial charge in [0.25, 0.3) is 0 Å². The van der Waals surface area contributed by atoms with Crippen molar-refractivity contribution in [3.05, 3.63) is 0 Å². The smallest absolute Gasteiger partial charge is 0.131 e. The van der Waals surface area contributed by atoms with Gasteiger partial charge in [-0.05, 0) is 6.92 Å². The lowest BCUT2D eigenvalue weighted by Gasteiger charge is -2.35. The summed E-state index contributed by atoms with van der Waals surface area (Å²) >= 11 is 0. The maximum Gasteiger partial charge on any atom is 0.131 e. The second-order valence-electron chi connectivity index (χ2n) is 3.47. The van der Waals surface area contributed by atoms with E-state index in [0.29, 0.717) is 0 Å². The first-order valence-corrected chi connectivity index (χ1v) is 4.29. The number of piperidine rings is 1. The molecule has 13 heavy (non-hydrogen) atoms. The third-order valence-corrected chi connectivity index (χ3v) is 2.25. The van der Waals surface area contributed by atoms with Crippen molar-refractivity contribution in [2.24, 2.45) is 0 Å². The number of nitrogens with one attached hydrogen (secondary N) is 1. The monoisotopic (exact) mass is 189 g/mol. The largest absolute Gasteiger partial charge is 0.389 e. The van der Waals surface area contributed by atoms with Gasteiger partial charge in [-0.25, -0.2) is 0 Å². The fourth-order valence-electron chi connectivity index (χ4n) is 1.48. The second kappa shape index (κ2) is 4.15. The van der Waals surface area contributed by atoms with E-state index in [4.69, 9.17) is 5.11 Å². The quantitative estimate of drug-likeness (QED) is 0.404. The highest BCUT2D eigenvalue weighted by molar-refractivity contribution is 5.76. The van der Waals surface area contributed by atoms with Gasteiger partial charge in [0.15, 0.2) is 0 Å². The summed E-state index contributed by atoms with van der Waals surface area (Å²) < 4.78 is 0. The first-order chi connectivity index (χ1) is 6.02. The molecule has 0 unspecified atom stereocenters. The zero-order valence-corrected chi connectivity index (χ0v) is 7.47. The van der Waals surface area contributed by atoms with E-state index in [1.54, 1.807) is 0 Å². The molecule has 0 saturated carbocycles. The molecule has 0 aromatic rings. The van der Waals surface area contributed by atoms with Crippen LogP contribution in [0.15, 0.2) is 0 Å². The molecule has 76 valence electrons. The molecule has 1 aliphatic rings. The molecule has 4 atom stereocenters. The van der Waals surface area contributed by atoms with Crippen LogP contribution in [0, 0.1) is 0 Å². The number of hydrogen-bond donors (Lipinski definition) is 4. The van der Waals surface area contributed by atoms with E-state index in [-0.39, 0.29) is 18.7 Å². The van der Waals surface area contributed by atoms with Crippen molar-refractivity contribution in [3.8, 4) is 0 Å². The zero-order valence-electron chi connectivity index (χ0n) is 7.47. The van der Waals surface area contributed by atoms with Gasteiger partial charge < -0.3 is 20.6 Å². The first kappa shape index (κ1) is 10.6. The van der Waals surface area contributed by atoms with E-state index < -0.39 is 24.4 Å². The van der Waals surface area contributed by atoms with E-state index in [1.807, 2.05) is 0 Å². The molecular formula is C8H15NO4. The van der Waals surface area contributed by atoms with Crippen molar-refractivity contribution in [1.82, 2.24) is 5.32 Å². The van der Waals surface area contributed by atoms with Crippen LogP contribution in [0.5, 0.6) is 0 Å². The molecular weight excluding hydrogens is 174 g/mol. The van der Waals surface area contributed by atoms with Crippen LogP contribution in [-0.2, 0) is 4.79 Å². The molecule has 0 aromatic heterocycles. The Bertz CT molecular complexity index is 197. The summed E-state index contributed by atoms with van der Waals surface area (Å²) in [7, 11) is 0. The van der Waals surface area contributed by atoms with Gasteiger partial charge >= 0.3 is 0 Å². The number of carbonyl (C=O) groups is 1. The minimum Gasteiger partial charge on any atom is -0.389 e. The predicted molar refractivity (Wildman–Crippen MR) is 45.1 cm³/mol. The maximum atomic E-state index is 10.8. The van der Waals surface area contributed by atoms with Crippen LogP contribution in [0.1, 0.15) is 13.3 Å². The molecule has 4 N–H and O–H groups in total. The van der Waals surface area contributed by atoms with Crippen LogP contribution < -0.4 is 5.32 Å². The number of ketones is 1. The normalized spacial score (nSPS) is 40.3. The third kappa shape index (κ3) is 2.47. The highest BCUT2D eigenvalue weighted by atomic mass is 16.4. The van der Waals surface area contributed by atoms with Gasteiger partial charge in [-0.2, -0.15) is 0 Å². The van der Waals surface area contributed by atoms with Crippen LogP contribution >= 0.6 is 0 Å². The highest BCUT2D eigenvalue weighted by Crippen LogP contribution is 2.13. The molecule has 0 bridgehead atoms. The van der Waals surface area contributed by atoms with Crippen LogP contribution in [0.2, 0.25) is 0 Å². The van der Waals surface area contributed by atoms with Gasteiger partial charge in [0.1, 0.15) is 11.9 Å². The molecule has 0 spiro atoms. The molecule has 0 amide bonds. The van der Waals surface area contributed by atoms with Crippen molar-refractivity contribution in [1.29, 1.82) is 0 Å². The summed E-state index contributed by atoms with van der Waals surface area (Å²) in [5.74, 6) is -0.0554. The zero-order chi connectivity index (χ0) is 10.0. The Hall–Kier alpha value is -0.490. The number of carbonyl (C=O) groups excluding carboxylic acids is 1. The Morgan fingerprint density at radius 1 is 1.38 bits per heavy atom. The predicted octanol–water partition coefficient (Wildman–Crippen LogP) is -1.98. The van der Waals surface area contributed by atoms with Gasteiger partial charge in [-0.3, -0.25) is 4.79 Å². The Morgan fingerprint density at radius 3 is 2.54 bits per heavy atom. The number of Topliss-reactive ketones (excluding diaryl/α,β-unsaturated/α-hetero) is 1. The number of rotatable bonds is 2. The van der Waals surface area contributed by atoms with E-state index in [1.165, 1.54) is 6.92 Å². The minimum absolute atomic E-state index is 0.0554.